The van der Waals surface area contributed by atoms with E-state index in [-0.39, 0.29) is 5.91 Å². The summed E-state index contributed by atoms with van der Waals surface area (Å²) < 4.78 is 0. The first-order chi connectivity index (χ1) is 8.18. The maximum absolute atomic E-state index is 11.8. The minimum atomic E-state index is -0.196. The van der Waals surface area contributed by atoms with Crippen molar-refractivity contribution in [3.8, 4) is 0 Å². The first-order valence-electron chi connectivity index (χ1n) is 5.20. The zero-order chi connectivity index (χ0) is 12.3. The van der Waals surface area contributed by atoms with Crippen molar-refractivity contribution in [2.24, 2.45) is 0 Å². The lowest BCUT2D eigenvalue weighted by Crippen LogP contribution is -2.23. The summed E-state index contributed by atoms with van der Waals surface area (Å²) in [5, 5.41) is 3.23. The predicted molar refractivity (Wildman–Crippen MR) is 65.9 cm³/mol. The molecule has 0 spiro atoms. The highest BCUT2D eigenvalue weighted by molar-refractivity contribution is 6.33. The van der Waals surface area contributed by atoms with E-state index in [1.54, 1.807) is 30.6 Å². The van der Waals surface area contributed by atoms with Crippen molar-refractivity contribution in [3.05, 3.63) is 52.6 Å². The minimum absolute atomic E-state index is 0.196. The number of hydrogen-bond donors (Lipinski definition) is 2. The van der Waals surface area contributed by atoms with Gasteiger partial charge in [-0.1, -0.05) is 23.7 Å². The highest BCUT2D eigenvalue weighted by atomic mass is 35.5. The van der Waals surface area contributed by atoms with E-state index < -0.39 is 0 Å². The third kappa shape index (κ3) is 2.65. The third-order valence-electron chi connectivity index (χ3n) is 2.47. The number of amides is 1. The van der Waals surface area contributed by atoms with E-state index in [1.807, 2.05) is 6.92 Å². The van der Waals surface area contributed by atoms with Crippen LogP contribution in [0.15, 0.2) is 30.6 Å². The predicted octanol–water partition coefficient (Wildman–Crippen LogP) is 2.30. The van der Waals surface area contributed by atoms with Crippen LogP contribution >= 0.6 is 11.6 Å². The Morgan fingerprint density at radius 1 is 1.47 bits per heavy atom. The van der Waals surface area contributed by atoms with Gasteiger partial charge in [0.05, 0.1) is 29.2 Å². The molecular weight excluding hydrogens is 238 g/mol. The Kier molecular flexibility index (Phi) is 3.44. The van der Waals surface area contributed by atoms with E-state index >= 15 is 0 Å². The molecule has 0 unspecified atom stereocenters. The molecule has 17 heavy (non-hydrogen) atoms. The molecule has 0 saturated carbocycles. The van der Waals surface area contributed by atoms with Crippen LogP contribution in [0, 0.1) is 6.92 Å². The second-order valence-corrected chi connectivity index (χ2v) is 4.04. The van der Waals surface area contributed by atoms with Gasteiger partial charge in [0.15, 0.2) is 0 Å². The highest BCUT2D eigenvalue weighted by Gasteiger charge is 2.10. The van der Waals surface area contributed by atoms with Gasteiger partial charge in [0, 0.05) is 5.69 Å². The lowest BCUT2D eigenvalue weighted by molar-refractivity contribution is 0.0950. The SMILES string of the molecule is Cc1[nH]cnc1CNC(=O)c1ccccc1Cl. The van der Waals surface area contributed by atoms with Gasteiger partial charge in [-0.2, -0.15) is 0 Å². The van der Waals surface area contributed by atoms with Gasteiger partial charge in [-0.15, -0.1) is 0 Å². The summed E-state index contributed by atoms with van der Waals surface area (Å²) >= 11 is 5.93. The van der Waals surface area contributed by atoms with Crippen LogP contribution in [0.2, 0.25) is 5.02 Å². The molecule has 1 amide bonds. The van der Waals surface area contributed by atoms with E-state index in [0.717, 1.165) is 11.4 Å². The zero-order valence-corrected chi connectivity index (χ0v) is 10.1. The highest BCUT2D eigenvalue weighted by Crippen LogP contribution is 2.14. The number of aromatic nitrogens is 2. The van der Waals surface area contributed by atoms with Crippen molar-refractivity contribution in [2.75, 3.05) is 0 Å². The molecule has 0 aliphatic carbocycles. The van der Waals surface area contributed by atoms with Crippen LogP contribution in [-0.2, 0) is 6.54 Å². The summed E-state index contributed by atoms with van der Waals surface area (Å²) in [6.45, 7) is 2.30. The first-order valence-corrected chi connectivity index (χ1v) is 5.58. The average molecular weight is 250 g/mol. The van der Waals surface area contributed by atoms with Gasteiger partial charge in [0.25, 0.3) is 5.91 Å². The number of nitrogens with zero attached hydrogens (tertiary/aromatic N) is 1. The normalized spacial score (nSPS) is 10.2. The summed E-state index contributed by atoms with van der Waals surface area (Å²) in [6.07, 6.45) is 1.60. The molecule has 2 N–H and O–H groups in total. The fourth-order valence-electron chi connectivity index (χ4n) is 1.47. The van der Waals surface area contributed by atoms with Crippen LogP contribution in [-0.4, -0.2) is 15.9 Å². The molecule has 1 heterocycles. The summed E-state index contributed by atoms with van der Waals surface area (Å²) in [4.78, 5) is 18.9. The van der Waals surface area contributed by atoms with E-state index in [0.29, 0.717) is 17.1 Å². The molecule has 2 aromatic rings. The Labute approximate surface area is 104 Å². The van der Waals surface area contributed by atoms with Gasteiger partial charge in [0.1, 0.15) is 0 Å². The first kappa shape index (κ1) is 11.7. The Hall–Kier alpha value is -1.81. The fourth-order valence-corrected chi connectivity index (χ4v) is 1.69. The number of hydrogen-bond acceptors (Lipinski definition) is 2. The van der Waals surface area contributed by atoms with Crippen molar-refractivity contribution in [3.63, 3.8) is 0 Å². The van der Waals surface area contributed by atoms with Crippen molar-refractivity contribution in [1.29, 1.82) is 0 Å². The molecule has 1 aromatic carbocycles. The number of imidazole rings is 1. The molecule has 0 saturated heterocycles. The monoisotopic (exact) mass is 249 g/mol. The van der Waals surface area contributed by atoms with Crippen LogP contribution in [0.1, 0.15) is 21.7 Å². The zero-order valence-electron chi connectivity index (χ0n) is 9.33. The summed E-state index contributed by atoms with van der Waals surface area (Å²) in [7, 11) is 0. The smallest absolute Gasteiger partial charge is 0.253 e. The van der Waals surface area contributed by atoms with Crippen molar-refractivity contribution in [1.82, 2.24) is 15.3 Å². The number of nitrogens with one attached hydrogen (secondary N) is 2. The van der Waals surface area contributed by atoms with Crippen molar-refractivity contribution < 1.29 is 4.79 Å². The van der Waals surface area contributed by atoms with Gasteiger partial charge in [0.2, 0.25) is 0 Å². The Balaban J connectivity index is 2.04. The van der Waals surface area contributed by atoms with Gasteiger partial charge < -0.3 is 10.3 Å². The molecule has 0 aliphatic heterocycles. The number of benzene rings is 1. The van der Waals surface area contributed by atoms with Crippen LogP contribution in [0.4, 0.5) is 0 Å². The fraction of sp³-hybridized carbons (Fsp3) is 0.167. The Morgan fingerprint density at radius 2 is 2.24 bits per heavy atom. The van der Waals surface area contributed by atoms with Gasteiger partial charge in [-0.25, -0.2) is 4.98 Å². The number of carbonyl (C=O) groups is 1. The minimum Gasteiger partial charge on any atom is -0.348 e. The number of carbonyl (C=O) groups excluding carboxylic acids is 1. The second kappa shape index (κ2) is 5.01. The summed E-state index contributed by atoms with van der Waals surface area (Å²) in [5.41, 5.74) is 2.25. The third-order valence-corrected chi connectivity index (χ3v) is 2.80. The summed E-state index contributed by atoms with van der Waals surface area (Å²) in [6, 6.07) is 6.95. The molecular formula is C12H12ClN3O. The van der Waals surface area contributed by atoms with E-state index in [2.05, 4.69) is 15.3 Å². The largest absolute Gasteiger partial charge is 0.348 e. The maximum Gasteiger partial charge on any atom is 0.253 e. The number of rotatable bonds is 3. The Morgan fingerprint density at radius 3 is 2.88 bits per heavy atom. The standard InChI is InChI=1S/C12H12ClN3O/c1-8-11(16-7-15-8)6-14-12(17)9-4-2-3-5-10(9)13/h2-5,7H,6H2,1H3,(H,14,17)(H,15,16). The number of halogens is 1. The Bertz CT molecular complexity index is 536. The van der Waals surface area contributed by atoms with Crippen LogP contribution < -0.4 is 5.32 Å². The molecule has 0 radical (unpaired) electrons. The molecule has 5 heteroatoms. The van der Waals surface area contributed by atoms with Crippen LogP contribution in [0.5, 0.6) is 0 Å². The average Bonchev–Trinajstić information content (AvgIpc) is 2.72. The number of H-pyrrole nitrogens is 1. The molecule has 0 aliphatic rings. The lowest BCUT2D eigenvalue weighted by Gasteiger charge is -2.05. The number of aryl methyl sites for hydroxylation is 1. The van der Waals surface area contributed by atoms with E-state index in [1.165, 1.54) is 0 Å². The van der Waals surface area contributed by atoms with Crippen molar-refractivity contribution >= 4 is 17.5 Å². The topological polar surface area (TPSA) is 57.8 Å². The molecule has 0 bridgehead atoms. The molecule has 4 nitrogen and oxygen atoms in total. The summed E-state index contributed by atoms with van der Waals surface area (Å²) in [5.74, 6) is -0.196. The lowest BCUT2D eigenvalue weighted by atomic mass is 10.2. The quantitative estimate of drug-likeness (QED) is 0.877. The van der Waals surface area contributed by atoms with Gasteiger partial charge >= 0.3 is 0 Å². The van der Waals surface area contributed by atoms with E-state index in [9.17, 15) is 4.79 Å². The maximum atomic E-state index is 11.8. The van der Waals surface area contributed by atoms with Gasteiger partial charge in [-0.05, 0) is 19.1 Å². The number of aromatic amines is 1. The van der Waals surface area contributed by atoms with Gasteiger partial charge in [-0.3, -0.25) is 4.79 Å². The molecule has 0 fully saturated rings. The van der Waals surface area contributed by atoms with Crippen LogP contribution in [0.3, 0.4) is 0 Å². The molecule has 88 valence electrons. The van der Waals surface area contributed by atoms with E-state index in [4.69, 9.17) is 11.6 Å². The molecule has 0 atom stereocenters. The van der Waals surface area contributed by atoms with Crippen molar-refractivity contribution in [2.45, 2.75) is 13.5 Å². The second-order valence-electron chi connectivity index (χ2n) is 3.64. The molecule has 1 aromatic heterocycles. The van der Waals surface area contributed by atoms with Crippen LogP contribution in [0.25, 0.3) is 0 Å². The molecule has 2 rings (SSSR count).